The fourth-order valence-corrected chi connectivity index (χ4v) is 3.25. The highest BCUT2D eigenvalue weighted by molar-refractivity contribution is 7.12. The summed E-state index contributed by atoms with van der Waals surface area (Å²) >= 11 is 1.22. The van der Waals surface area contributed by atoms with Crippen LogP contribution in [0.5, 0.6) is 0 Å². The van der Waals surface area contributed by atoms with Crippen LogP contribution in [0.3, 0.4) is 0 Å². The van der Waals surface area contributed by atoms with Crippen molar-refractivity contribution in [2.24, 2.45) is 0 Å². The quantitative estimate of drug-likeness (QED) is 0.234. The first-order chi connectivity index (χ1) is 12.9. The first kappa shape index (κ1) is 18.4. The normalized spacial score (nSPS) is 12.8. The summed E-state index contributed by atoms with van der Waals surface area (Å²) in [6.07, 6.45) is -0.322. The van der Waals surface area contributed by atoms with Crippen molar-refractivity contribution < 1.29 is 28.8 Å². The lowest BCUT2D eigenvalue weighted by Gasteiger charge is -2.12. The van der Waals surface area contributed by atoms with Gasteiger partial charge in [-0.25, -0.2) is 0 Å². The predicted octanol–water partition coefficient (Wildman–Crippen LogP) is 2.07. The minimum Gasteiger partial charge on any atom is -0.457 e. The summed E-state index contributed by atoms with van der Waals surface area (Å²) in [7, 11) is 0. The molecule has 0 aliphatic carbocycles. The Morgan fingerprint density at radius 3 is 2.59 bits per heavy atom. The van der Waals surface area contributed by atoms with Gasteiger partial charge in [0.1, 0.15) is 5.56 Å². The maximum Gasteiger partial charge on any atom is 0.308 e. The summed E-state index contributed by atoms with van der Waals surface area (Å²) < 4.78 is 4.86. The van der Waals surface area contributed by atoms with Crippen LogP contribution in [-0.4, -0.2) is 46.5 Å². The van der Waals surface area contributed by atoms with Gasteiger partial charge in [0.2, 0.25) is 5.78 Å². The SMILES string of the molecule is O=C(CCN1C(=O)c2cccc([N+](=O)[O-])c2C1=O)OCC(=O)c1cccs1. The number of rotatable bonds is 7. The first-order valence-corrected chi connectivity index (χ1v) is 8.64. The van der Waals surface area contributed by atoms with E-state index in [1.54, 1.807) is 17.5 Å². The molecule has 0 N–H and O–H groups in total. The number of hydrogen-bond acceptors (Lipinski definition) is 8. The Hall–Kier alpha value is -3.40. The van der Waals surface area contributed by atoms with E-state index in [2.05, 4.69) is 0 Å². The number of carbonyl (C=O) groups excluding carboxylic acids is 4. The van der Waals surface area contributed by atoms with Crippen LogP contribution < -0.4 is 0 Å². The van der Waals surface area contributed by atoms with Gasteiger partial charge in [0.15, 0.2) is 6.61 Å². The number of hydrogen-bond donors (Lipinski definition) is 0. The monoisotopic (exact) mass is 388 g/mol. The molecule has 10 heteroatoms. The van der Waals surface area contributed by atoms with Crippen LogP contribution in [0.15, 0.2) is 35.7 Å². The van der Waals surface area contributed by atoms with Crippen molar-refractivity contribution in [1.29, 1.82) is 0 Å². The second-order valence-corrected chi connectivity index (χ2v) is 6.48. The van der Waals surface area contributed by atoms with Crippen LogP contribution in [0.2, 0.25) is 0 Å². The number of ether oxygens (including phenoxy) is 1. The Morgan fingerprint density at radius 1 is 1.15 bits per heavy atom. The number of nitro groups is 1. The average molecular weight is 388 g/mol. The van der Waals surface area contributed by atoms with E-state index in [4.69, 9.17) is 4.74 Å². The summed E-state index contributed by atoms with van der Waals surface area (Å²) in [4.78, 5) is 59.8. The molecule has 1 aliphatic rings. The fraction of sp³-hybridized carbons (Fsp3) is 0.176. The van der Waals surface area contributed by atoms with Crippen molar-refractivity contribution in [1.82, 2.24) is 4.90 Å². The minimum absolute atomic E-state index is 0.0737. The van der Waals surface area contributed by atoms with E-state index in [9.17, 15) is 29.3 Å². The molecule has 0 saturated carbocycles. The van der Waals surface area contributed by atoms with Crippen molar-refractivity contribution in [3.8, 4) is 0 Å². The smallest absolute Gasteiger partial charge is 0.308 e. The number of esters is 1. The summed E-state index contributed by atoms with van der Waals surface area (Å²) in [5.74, 6) is -2.65. The number of nitrogens with zero attached hydrogens (tertiary/aromatic N) is 2. The van der Waals surface area contributed by atoms with Crippen LogP contribution >= 0.6 is 11.3 Å². The molecule has 1 aliphatic heterocycles. The van der Waals surface area contributed by atoms with Gasteiger partial charge in [-0.3, -0.25) is 34.2 Å². The number of Topliss-reactive ketones (excluding diaryl/α,β-unsaturated/α-hetero) is 1. The highest BCUT2D eigenvalue weighted by Gasteiger charge is 2.40. The summed E-state index contributed by atoms with van der Waals surface area (Å²) in [6.45, 7) is -0.734. The van der Waals surface area contributed by atoms with Crippen molar-refractivity contribution in [2.45, 2.75) is 6.42 Å². The number of amides is 2. The van der Waals surface area contributed by atoms with Crippen molar-refractivity contribution >= 4 is 40.6 Å². The zero-order valence-corrected chi connectivity index (χ0v) is 14.6. The number of fused-ring (bicyclic) bond motifs is 1. The third-order valence-electron chi connectivity index (χ3n) is 3.87. The zero-order chi connectivity index (χ0) is 19.6. The lowest BCUT2D eigenvalue weighted by atomic mass is 10.1. The number of imide groups is 1. The Bertz CT molecular complexity index is 952. The number of thiophene rings is 1. The van der Waals surface area contributed by atoms with E-state index in [0.717, 1.165) is 11.0 Å². The van der Waals surface area contributed by atoms with Gasteiger partial charge >= 0.3 is 5.97 Å². The first-order valence-electron chi connectivity index (χ1n) is 7.76. The maximum absolute atomic E-state index is 12.4. The lowest BCUT2D eigenvalue weighted by molar-refractivity contribution is -0.385. The molecule has 1 aromatic heterocycles. The Morgan fingerprint density at radius 2 is 1.93 bits per heavy atom. The van der Waals surface area contributed by atoms with Crippen LogP contribution in [0, 0.1) is 10.1 Å². The van der Waals surface area contributed by atoms with Crippen molar-refractivity contribution in [3.63, 3.8) is 0 Å². The van der Waals surface area contributed by atoms with Gasteiger partial charge in [-0.2, -0.15) is 0 Å². The zero-order valence-electron chi connectivity index (χ0n) is 13.7. The molecule has 2 heterocycles. The van der Waals surface area contributed by atoms with E-state index in [1.807, 2.05) is 0 Å². The van der Waals surface area contributed by atoms with Crippen LogP contribution in [-0.2, 0) is 9.53 Å². The van der Waals surface area contributed by atoms with Gasteiger partial charge < -0.3 is 4.74 Å². The number of nitro benzene ring substituents is 1. The summed E-state index contributed by atoms with van der Waals surface area (Å²) in [6, 6.07) is 7.07. The molecule has 1 aromatic carbocycles. The lowest BCUT2D eigenvalue weighted by Crippen LogP contribution is -2.32. The standard InChI is InChI=1S/C17H12N2O7S/c20-12(13-5-2-8-27-13)9-26-14(21)6-7-18-16(22)10-3-1-4-11(19(24)25)15(10)17(18)23/h1-5,8H,6-7,9H2. The molecule has 0 atom stereocenters. The van der Waals surface area contributed by atoms with Gasteiger partial charge in [-0.15, -0.1) is 11.3 Å². The van der Waals surface area contributed by atoms with Gasteiger partial charge in [-0.1, -0.05) is 12.1 Å². The largest absolute Gasteiger partial charge is 0.457 e. The molecule has 0 saturated heterocycles. The van der Waals surface area contributed by atoms with E-state index in [-0.39, 0.29) is 29.9 Å². The molecule has 3 rings (SSSR count). The molecular weight excluding hydrogens is 376 g/mol. The van der Waals surface area contributed by atoms with E-state index in [1.165, 1.54) is 23.5 Å². The second-order valence-electron chi connectivity index (χ2n) is 5.53. The average Bonchev–Trinajstić information content (AvgIpc) is 3.26. The molecule has 0 spiro atoms. The highest BCUT2D eigenvalue weighted by atomic mass is 32.1. The minimum atomic E-state index is -0.829. The molecule has 2 aromatic rings. The molecule has 0 unspecified atom stereocenters. The Balaban J connectivity index is 1.60. The van der Waals surface area contributed by atoms with Crippen LogP contribution in [0.4, 0.5) is 5.69 Å². The van der Waals surface area contributed by atoms with E-state index < -0.39 is 35.0 Å². The maximum atomic E-state index is 12.4. The molecule has 0 fully saturated rings. The van der Waals surface area contributed by atoms with Crippen molar-refractivity contribution in [3.05, 3.63) is 61.8 Å². The van der Waals surface area contributed by atoms with E-state index in [0.29, 0.717) is 4.88 Å². The molecule has 0 radical (unpaired) electrons. The molecule has 138 valence electrons. The topological polar surface area (TPSA) is 124 Å². The molecular formula is C17H12N2O7S. The van der Waals surface area contributed by atoms with Crippen LogP contribution in [0.1, 0.15) is 36.8 Å². The van der Waals surface area contributed by atoms with Crippen molar-refractivity contribution in [2.75, 3.05) is 13.2 Å². The third kappa shape index (κ3) is 3.60. The third-order valence-corrected chi connectivity index (χ3v) is 4.78. The molecule has 9 nitrogen and oxygen atoms in total. The molecule has 0 bridgehead atoms. The van der Waals surface area contributed by atoms with Gasteiger partial charge in [0.25, 0.3) is 17.5 Å². The second kappa shape index (κ2) is 7.46. The van der Waals surface area contributed by atoms with Gasteiger partial charge in [0, 0.05) is 12.6 Å². The Labute approximate surface area is 156 Å². The van der Waals surface area contributed by atoms with Gasteiger partial charge in [-0.05, 0) is 17.5 Å². The Kier molecular flexibility index (Phi) is 5.08. The highest BCUT2D eigenvalue weighted by Crippen LogP contribution is 2.30. The molecule has 2 amide bonds. The van der Waals surface area contributed by atoms with E-state index >= 15 is 0 Å². The fourth-order valence-electron chi connectivity index (χ4n) is 2.60. The summed E-state index contributed by atoms with van der Waals surface area (Å²) in [5, 5.41) is 12.8. The summed E-state index contributed by atoms with van der Waals surface area (Å²) in [5.41, 5.74) is -0.818. The van der Waals surface area contributed by atoms with Crippen LogP contribution in [0.25, 0.3) is 0 Å². The molecule has 27 heavy (non-hydrogen) atoms. The van der Waals surface area contributed by atoms with Gasteiger partial charge in [0.05, 0.1) is 21.8 Å². The number of carbonyl (C=O) groups is 4. The number of benzene rings is 1. The predicted molar refractivity (Wildman–Crippen MR) is 92.7 cm³/mol. The number of ketones is 1.